The third kappa shape index (κ3) is 4.97. The molecule has 0 spiro atoms. The van der Waals surface area contributed by atoms with Gasteiger partial charge in [-0.1, -0.05) is 93.1 Å². The van der Waals surface area contributed by atoms with Gasteiger partial charge in [0.1, 0.15) is 11.3 Å². The predicted octanol–water partition coefficient (Wildman–Crippen LogP) is 7.03. The molecular formula is C26H28N2O4. The molecule has 0 aliphatic carbocycles. The zero-order valence-corrected chi connectivity index (χ0v) is 18.4. The smallest absolute Gasteiger partial charge is 0.412 e. The fraction of sp³-hybridized carbons (Fsp3) is 0.269. The maximum Gasteiger partial charge on any atom is 0.412 e. The molecular weight excluding hydrogens is 404 g/mol. The molecule has 0 aromatic heterocycles. The molecule has 32 heavy (non-hydrogen) atoms. The standard InChI is InChI=1S/C26H28N2O4/c1-3-19-26(21-15-9-6-10-16-21,22(4-2)20-13-7-5-8-14-20)32-25(29)27-23-17-11-12-18-24(23)28(30)31/h5-18,22H,3-4,19H2,1-2H3,(H,27,29)/t22-,26-/m1/s1. The van der Waals surface area contributed by atoms with Crippen LogP contribution in [0.4, 0.5) is 16.2 Å². The van der Waals surface area contributed by atoms with Crippen LogP contribution < -0.4 is 5.32 Å². The van der Waals surface area contributed by atoms with Gasteiger partial charge in [0.05, 0.1) is 4.92 Å². The molecule has 166 valence electrons. The summed E-state index contributed by atoms with van der Waals surface area (Å²) in [5.74, 6) is -0.0949. The molecule has 6 heteroatoms. The van der Waals surface area contributed by atoms with Crippen molar-refractivity contribution in [2.75, 3.05) is 5.32 Å². The first kappa shape index (κ1) is 23.0. The topological polar surface area (TPSA) is 81.5 Å². The van der Waals surface area contributed by atoms with E-state index in [0.717, 1.165) is 24.0 Å². The average Bonchev–Trinajstić information content (AvgIpc) is 2.81. The molecule has 0 unspecified atom stereocenters. The summed E-state index contributed by atoms with van der Waals surface area (Å²) < 4.78 is 6.24. The van der Waals surface area contributed by atoms with Gasteiger partial charge in [0.15, 0.2) is 0 Å². The van der Waals surface area contributed by atoms with Gasteiger partial charge in [-0.3, -0.25) is 15.4 Å². The molecule has 0 saturated heterocycles. The first-order valence-electron chi connectivity index (χ1n) is 10.9. The van der Waals surface area contributed by atoms with Crippen molar-refractivity contribution in [3.8, 4) is 0 Å². The van der Waals surface area contributed by atoms with Gasteiger partial charge in [-0.05, 0) is 30.0 Å². The quantitative estimate of drug-likeness (QED) is 0.291. The van der Waals surface area contributed by atoms with Gasteiger partial charge in [-0.15, -0.1) is 0 Å². The van der Waals surface area contributed by atoms with Gasteiger partial charge in [-0.2, -0.15) is 0 Å². The zero-order chi connectivity index (χ0) is 23.0. The largest absolute Gasteiger partial charge is 0.437 e. The van der Waals surface area contributed by atoms with E-state index in [4.69, 9.17) is 4.74 Å². The van der Waals surface area contributed by atoms with Gasteiger partial charge < -0.3 is 4.74 Å². The second-order valence-electron chi connectivity index (χ2n) is 7.67. The molecule has 3 rings (SSSR count). The van der Waals surface area contributed by atoms with Crippen molar-refractivity contribution < 1.29 is 14.5 Å². The third-order valence-electron chi connectivity index (χ3n) is 5.67. The average molecular weight is 433 g/mol. The van der Waals surface area contributed by atoms with Crippen LogP contribution in [0.1, 0.15) is 50.2 Å². The van der Waals surface area contributed by atoms with E-state index in [1.165, 1.54) is 12.1 Å². The lowest BCUT2D eigenvalue weighted by molar-refractivity contribution is -0.383. The molecule has 0 heterocycles. The molecule has 1 N–H and O–H groups in total. The molecule has 2 atom stereocenters. The molecule has 1 amide bonds. The number of nitrogens with zero attached hydrogens (tertiary/aromatic N) is 1. The van der Waals surface area contributed by atoms with Crippen molar-refractivity contribution >= 4 is 17.5 Å². The van der Waals surface area contributed by atoms with E-state index >= 15 is 0 Å². The molecule has 0 radical (unpaired) electrons. The van der Waals surface area contributed by atoms with E-state index in [2.05, 4.69) is 19.2 Å². The molecule has 3 aromatic rings. The maximum absolute atomic E-state index is 13.1. The number of carbonyl (C=O) groups excluding carboxylic acids is 1. The van der Waals surface area contributed by atoms with Gasteiger partial charge >= 0.3 is 6.09 Å². The van der Waals surface area contributed by atoms with Crippen molar-refractivity contribution in [2.24, 2.45) is 0 Å². The number of para-hydroxylation sites is 2. The summed E-state index contributed by atoms with van der Waals surface area (Å²) in [5.41, 5.74) is 0.967. The minimum absolute atomic E-state index is 0.0949. The normalized spacial score (nSPS) is 13.6. The Bertz CT molecular complexity index is 1040. The first-order valence-corrected chi connectivity index (χ1v) is 10.9. The SMILES string of the molecule is CCC[C@@](OC(=O)Nc1ccccc1[N+](=O)[O-])(c1ccccc1)[C@H](CC)c1ccccc1. The number of nitrogens with one attached hydrogen (secondary N) is 1. The second-order valence-corrected chi connectivity index (χ2v) is 7.67. The summed E-state index contributed by atoms with van der Waals surface area (Å²) in [6.07, 6.45) is 1.43. The molecule has 3 aromatic carbocycles. The van der Waals surface area contributed by atoms with Gasteiger partial charge in [0.2, 0.25) is 0 Å². The molecule has 0 aliphatic rings. The highest BCUT2D eigenvalue weighted by molar-refractivity contribution is 5.88. The van der Waals surface area contributed by atoms with Crippen molar-refractivity contribution in [3.05, 3.63) is 106 Å². The van der Waals surface area contributed by atoms with E-state index in [9.17, 15) is 14.9 Å². The molecule has 0 bridgehead atoms. The van der Waals surface area contributed by atoms with Crippen LogP contribution in [0.25, 0.3) is 0 Å². The number of amides is 1. The number of benzene rings is 3. The van der Waals surface area contributed by atoms with Crippen LogP contribution in [-0.2, 0) is 10.3 Å². The van der Waals surface area contributed by atoms with Crippen molar-refractivity contribution in [1.29, 1.82) is 0 Å². The highest BCUT2D eigenvalue weighted by Crippen LogP contribution is 2.46. The van der Waals surface area contributed by atoms with E-state index < -0.39 is 16.6 Å². The maximum atomic E-state index is 13.1. The van der Waals surface area contributed by atoms with E-state index in [1.807, 2.05) is 60.7 Å². The lowest BCUT2D eigenvalue weighted by atomic mass is 9.73. The van der Waals surface area contributed by atoms with E-state index in [-0.39, 0.29) is 17.3 Å². The third-order valence-corrected chi connectivity index (χ3v) is 5.67. The summed E-state index contributed by atoms with van der Waals surface area (Å²) in [7, 11) is 0. The molecule has 0 saturated carbocycles. The van der Waals surface area contributed by atoms with Crippen LogP contribution >= 0.6 is 0 Å². The van der Waals surface area contributed by atoms with Crippen LogP contribution in [0.15, 0.2) is 84.9 Å². The van der Waals surface area contributed by atoms with Crippen LogP contribution in [0.3, 0.4) is 0 Å². The summed E-state index contributed by atoms with van der Waals surface area (Å²) in [4.78, 5) is 24.0. The monoisotopic (exact) mass is 432 g/mol. The van der Waals surface area contributed by atoms with Gasteiger partial charge in [-0.25, -0.2) is 4.79 Å². The number of rotatable bonds is 9. The number of nitro benzene ring substituents is 1. The number of hydrogen-bond donors (Lipinski definition) is 1. The molecule has 0 aliphatic heterocycles. The molecule has 0 fully saturated rings. The van der Waals surface area contributed by atoms with Gasteiger partial charge in [0, 0.05) is 12.0 Å². The number of ether oxygens (including phenoxy) is 1. The van der Waals surface area contributed by atoms with Crippen LogP contribution in [0, 0.1) is 10.1 Å². The Labute approximate surface area is 188 Å². The van der Waals surface area contributed by atoms with E-state index in [0.29, 0.717) is 6.42 Å². The van der Waals surface area contributed by atoms with Crippen molar-refractivity contribution in [3.63, 3.8) is 0 Å². The lowest BCUT2D eigenvalue weighted by Gasteiger charge is -2.40. The minimum atomic E-state index is -0.931. The Kier molecular flexibility index (Phi) is 7.60. The zero-order valence-electron chi connectivity index (χ0n) is 18.4. The highest BCUT2D eigenvalue weighted by atomic mass is 16.6. The Balaban J connectivity index is 2.04. The summed E-state index contributed by atoms with van der Waals surface area (Å²) >= 11 is 0. The Hall–Kier alpha value is -3.67. The summed E-state index contributed by atoms with van der Waals surface area (Å²) in [5, 5.41) is 14.0. The molecule has 6 nitrogen and oxygen atoms in total. The van der Waals surface area contributed by atoms with Crippen LogP contribution in [0.2, 0.25) is 0 Å². The summed E-state index contributed by atoms with van der Waals surface area (Å²) in [6, 6.07) is 25.8. The Morgan fingerprint density at radius 1 is 0.969 bits per heavy atom. The van der Waals surface area contributed by atoms with Crippen LogP contribution in [0.5, 0.6) is 0 Å². The minimum Gasteiger partial charge on any atom is -0.437 e. The summed E-state index contributed by atoms with van der Waals surface area (Å²) in [6.45, 7) is 4.13. The number of anilines is 1. The predicted molar refractivity (Wildman–Crippen MR) is 126 cm³/mol. The number of nitro groups is 1. The van der Waals surface area contributed by atoms with Crippen molar-refractivity contribution in [2.45, 2.75) is 44.6 Å². The van der Waals surface area contributed by atoms with Crippen LogP contribution in [-0.4, -0.2) is 11.0 Å². The number of hydrogen-bond acceptors (Lipinski definition) is 4. The number of carbonyl (C=O) groups is 1. The fourth-order valence-electron chi connectivity index (χ4n) is 4.35. The van der Waals surface area contributed by atoms with E-state index in [1.54, 1.807) is 12.1 Å². The Morgan fingerprint density at radius 3 is 2.16 bits per heavy atom. The first-order chi connectivity index (χ1) is 15.5. The van der Waals surface area contributed by atoms with Crippen molar-refractivity contribution in [1.82, 2.24) is 0 Å². The second kappa shape index (κ2) is 10.6. The Morgan fingerprint density at radius 2 is 1.56 bits per heavy atom. The lowest BCUT2D eigenvalue weighted by Crippen LogP contribution is -2.40. The van der Waals surface area contributed by atoms with Gasteiger partial charge in [0.25, 0.3) is 5.69 Å². The fourth-order valence-corrected chi connectivity index (χ4v) is 4.35. The highest BCUT2D eigenvalue weighted by Gasteiger charge is 2.43.